The van der Waals surface area contributed by atoms with Gasteiger partial charge in [0.05, 0.1) is 11.3 Å². The van der Waals surface area contributed by atoms with E-state index in [1.165, 1.54) is 6.92 Å². The van der Waals surface area contributed by atoms with Crippen molar-refractivity contribution in [2.45, 2.75) is 31.4 Å². The van der Waals surface area contributed by atoms with E-state index < -0.39 is 11.1 Å². The molecule has 0 radical (unpaired) electrons. The summed E-state index contributed by atoms with van der Waals surface area (Å²) in [6, 6.07) is 4.97. The van der Waals surface area contributed by atoms with Crippen molar-refractivity contribution in [2.75, 3.05) is 0 Å². The number of hydrogen-bond acceptors (Lipinski definition) is 4. The number of carbonyl (C=O) groups excluding carboxylic acids is 1. The first kappa shape index (κ1) is 15.4. The summed E-state index contributed by atoms with van der Waals surface area (Å²) in [5, 5.41) is 4.50. The van der Waals surface area contributed by atoms with E-state index >= 15 is 0 Å². The lowest BCUT2D eigenvalue weighted by molar-refractivity contribution is 0.101. The Balaban J connectivity index is 2.15. The smallest absolute Gasteiger partial charge is 0.165 e. The van der Waals surface area contributed by atoms with Gasteiger partial charge in [0.15, 0.2) is 22.6 Å². The van der Waals surface area contributed by atoms with Gasteiger partial charge in [0, 0.05) is 16.5 Å². The summed E-state index contributed by atoms with van der Waals surface area (Å²) >= 11 is 3.95. The second-order valence-corrected chi connectivity index (χ2v) is 6.74. The molecule has 5 nitrogen and oxygen atoms in total. The first-order chi connectivity index (χ1) is 10.5. The Kier molecular flexibility index (Phi) is 4.16. The fourth-order valence-corrected chi connectivity index (χ4v) is 3.20. The van der Waals surface area contributed by atoms with Crippen molar-refractivity contribution in [3.05, 3.63) is 40.1 Å². The van der Waals surface area contributed by atoms with Crippen molar-refractivity contribution in [3.8, 4) is 11.3 Å². The average molecular weight is 340 g/mol. The van der Waals surface area contributed by atoms with Crippen LogP contribution in [0.4, 0.5) is 0 Å². The summed E-state index contributed by atoms with van der Waals surface area (Å²) in [5.74, 6) is 0.666. The number of aromatic nitrogens is 1. The minimum absolute atomic E-state index is 0.0845. The predicted molar refractivity (Wildman–Crippen MR) is 83.4 cm³/mol. The lowest BCUT2D eigenvalue weighted by Crippen LogP contribution is -2.01. The Morgan fingerprint density at radius 2 is 2.23 bits per heavy atom. The highest BCUT2D eigenvalue weighted by atomic mass is 35.5. The molecule has 3 rings (SSSR count). The molecule has 1 aliphatic rings. The van der Waals surface area contributed by atoms with Gasteiger partial charge < -0.3 is 9.08 Å². The van der Waals surface area contributed by atoms with Crippen molar-refractivity contribution in [3.63, 3.8) is 0 Å². The van der Waals surface area contributed by atoms with Crippen LogP contribution in [0.25, 0.3) is 11.3 Å². The van der Waals surface area contributed by atoms with Crippen LogP contribution < -0.4 is 0 Å². The van der Waals surface area contributed by atoms with Crippen LogP contribution in [0.1, 0.15) is 47.4 Å². The van der Waals surface area contributed by atoms with Crippen molar-refractivity contribution < 1.29 is 18.1 Å². The van der Waals surface area contributed by atoms with Gasteiger partial charge in [-0.15, -0.1) is 0 Å². The first-order valence-corrected chi connectivity index (χ1v) is 8.49. The largest absolute Gasteiger partial charge is 0.360 e. The molecule has 0 saturated heterocycles. The minimum Gasteiger partial charge on any atom is -0.360 e. The van der Waals surface area contributed by atoms with Crippen LogP contribution in [-0.2, 0) is 16.8 Å². The summed E-state index contributed by atoms with van der Waals surface area (Å²) in [4.78, 5) is 12.0. The van der Waals surface area contributed by atoms with Crippen LogP contribution in [0.3, 0.4) is 0 Å². The summed E-state index contributed by atoms with van der Waals surface area (Å²) < 4.78 is 25.7. The molecular weight excluding hydrogens is 326 g/mol. The van der Waals surface area contributed by atoms with Gasteiger partial charge in [0.25, 0.3) is 0 Å². The van der Waals surface area contributed by atoms with Gasteiger partial charge in [-0.3, -0.25) is 4.79 Å². The lowest BCUT2D eigenvalue weighted by Gasteiger charge is -2.07. The van der Waals surface area contributed by atoms with Crippen molar-refractivity contribution in [1.82, 2.24) is 5.16 Å². The van der Waals surface area contributed by atoms with E-state index in [-0.39, 0.29) is 17.5 Å². The fourth-order valence-electron chi connectivity index (χ4n) is 2.50. The Morgan fingerprint density at radius 1 is 1.50 bits per heavy atom. The van der Waals surface area contributed by atoms with Gasteiger partial charge in [-0.05, 0) is 37.5 Å². The molecule has 0 spiro atoms. The second kappa shape index (κ2) is 5.95. The van der Waals surface area contributed by atoms with Gasteiger partial charge in [0.1, 0.15) is 5.69 Å². The molecule has 1 heterocycles. The molecule has 1 N–H and O–H groups in total. The molecule has 116 valence electrons. The zero-order valence-corrected chi connectivity index (χ0v) is 13.4. The van der Waals surface area contributed by atoms with E-state index in [2.05, 4.69) is 5.16 Å². The maximum atomic E-state index is 12.0. The number of ketones is 1. The molecule has 1 saturated carbocycles. The monoisotopic (exact) mass is 339 g/mol. The van der Waals surface area contributed by atoms with Crippen LogP contribution >= 0.6 is 11.6 Å². The average Bonchev–Trinajstić information content (AvgIpc) is 3.17. The molecule has 1 aromatic carbocycles. The molecule has 1 fully saturated rings. The predicted octanol–water partition coefficient (Wildman–Crippen LogP) is 3.80. The highest BCUT2D eigenvalue weighted by molar-refractivity contribution is 7.78. The number of benzene rings is 1. The standard InChI is InChI=1S/C15H14ClNO4S/c1-8(18)13-14(17-21-15(13)9-2-3-9)12-5-4-11(16)6-10(12)7-22(19)20/h4-6,9H,2-3,7H2,1H3,(H,19,20). The summed E-state index contributed by atoms with van der Waals surface area (Å²) in [5.41, 5.74) is 2.06. The van der Waals surface area contributed by atoms with Crippen LogP contribution in [-0.4, -0.2) is 19.7 Å². The second-order valence-electron chi connectivity index (χ2n) is 5.37. The maximum Gasteiger partial charge on any atom is 0.165 e. The third kappa shape index (κ3) is 2.99. The molecule has 0 aliphatic heterocycles. The topological polar surface area (TPSA) is 80.4 Å². The SMILES string of the molecule is CC(=O)c1c(-c2ccc(Cl)cc2CS(=O)O)noc1C1CC1. The van der Waals surface area contributed by atoms with E-state index in [1.807, 2.05) is 0 Å². The molecule has 1 aromatic heterocycles. The molecule has 1 atom stereocenters. The first-order valence-electron chi connectivity index (χ1n) is 6.84. The number of carbonyl (C=O) groups is 1. The molecular formula is C15H14ClNO4S. The van der Waals surface area contributed by atoms with Gasteiger partial charge in [-0.25, -0.2) is 4.21 Å². The lowest BCUT2D eigenvalue weighted by atomic mass is 9.98. The third-order valence-corrected chi connectivity index (χ3v) is 4.41. The Morgan fingerprint density at radius 3 is 2.82 bits per heavy atom. The molecule has 1 aliphatic carbocycles. The highest BCUT2D eigenvalue weighted by Gasteiger charge is 2.34. The quantitative estimate of drug-likeness (QED) is 0.662. The minimum atomic E-state index is -2.02. The van der Waals surface area contributed by atoms with E-state index in [0.717, 1.165) is 12.8 Å². The number of halogens is 1. The number of nitrogens with zero attached hydrogens (tertiary/aromatic N) is 1. The Labute approximate surface area is 134 Å². The van der Waals surface area contributed by atoms with Gasteiger partial charge in [0.2, 0.25) is 0 Å². The van der Waals surface area contributed by atoms with Crippen LogP contribution in [0.2, 0.25) is 5.02 Å². The molecule has 7 heteroatoms. The maximum absolute atomic E-state index is 12.0. The summed E-state index contributed by atoms with van der Waals surface area (Å²) in [6.07, 6.45) is 1.98. The van der Waals surface area contributed by atoms with Gasteiger partial charge >= 0.3 is 0 Å². The van der Waals surface area contributed by atoms with Crippen LogP contribution in [0, 0.1) is 0 Å². The van der Waals surface area contributed by atoms with E-state index in [4.69, 9.17) is 20.7 Å². The number of Topliss-reactive ketones (excluding diaryl/α,β-unsaturated/α-hetero) is 1. The molecule has 1 unspecified atom stereocenters. The van der Waals surface area contributed by atoms with Gasteiger partial charge in [-0.2, -0.15) is 0 Å². The van der Waals surface area contributed by atoms with Crippen molar-refractivity contribution in [2.24, 2.45) is 0 Å². The van der Waals surface area contributed by atoms with Crippen molar-refractivity contribution in [1.29, 1.82) is 0 Å². The van der Waals surface area contributed by atoms with E-state index in [1.54, 1.807) is 18.2 Å². The number of rotatable bonds is 5. The molecule has 2 aromatic rings. The fraction of sp³-hybridized carbons (Fsp3) is 0.333. The van der Waals surface area contributed by atoms with E-state index in [0.29, 0.717) is 33.2 Å². The summed E-state index contributed by atoms with van der Waals surface area (Å²) in [6.45, 7) is 1.47. The van der Waals surface area contributed by atoms with Crippen LogP contribution in [0.5, 0.6) is 0 Å². The van der Waals surface area contributed by atoms with Gasteiger partial charge in [-0.1, -0.05) is 22.8 Å². The molecule has 22 heavy (non-hydrogen) atoms. The zero-order chi connectivity index (χ0) is 15.9. The normalized spacial score (nSPS) is 15.8. The van der Waals surface area contributed by atoms with Crippen LogP contribution in [0.15, 0.2) is 22.7 Å². The zero-order valence-electron chi connectivity index (χ0n) is 11.8. The number of hydrogen-bond donors (Lipinski definition) is 1. The third-order valence-electron chi connectivity index (χ3n) is 3.62. The Bertz CT molecular complexity index is 767. The van der Waals surface area contributed by atoms with Crippen molar-refractivity contribution >= 4 is 28.5 Å². The highest BCUT2D eigenvalue weighted by Crippen LogP contribution is 2.44. The van der Waals surface area contributed by atoms with E-state index in [9.17, 15) is 9.00 Å². The summed E-state index contributed by atoms with van der Waals surface area (Å²) in [7, 11) is 0. The molecule has 0 amide bonds. The molecule has 0 bridgehead atoms. The Hall–Kier alpha value is -1.50.